The lowest BCUT2D eigenvalue weighted by Crippen LogP contribution is -2.29. The molecular weight excluding hydrogens is 715 g/mol. The van der Waals surface area contributed by atoms with E-state index in [4.69, 9.17) is 19.3 Å². The lowest BCUT2D eigenvalue weighted by molar-refractivity contribution is -0.161. The van der Waals surface area contributed by atoms with Gasteiger partial charge >= 0.3 is 19.8 Å². The average molecular weight is 785 g/mol. The molecule has 9 nitrogen and oxygen atoms in total. The third-order valence-electron chi connectivity index (χ3n) is 7.58. The van der Waals surface area contributed by atoms with Crippen molar-refractivity contribution in [3.63, 3.8) is 0 Å². The number of hydrogen-bond donors (Lipinski definition) is 3. The molecule has 308 valence electrons. The molecule has 2 atom stereocenters. The third kappa shape index (κ3) is 41.4. The van der Waals surface area contributed by atoms with E-state index in [0.717, 1.165) is 57.8 Å². The third-order valence-corrected chi connectivity index (χ3v) is 8.07. The summed E-state index contributed by atoms with van der Waals surface area (Å²) in [6.07, 6.45) is 52.5. The smallest absolute Gasteiger partial charge is 0.462 e. The number of carbonyl (C=O) groups excluding carboxylic acids is 2. The van der Waals surface area contributed by atoms with Crippen LogP contribution < -0.4 is 0 Å². The summed E-state index contributed by atoms with van der Waals surface area (Å²) in [4.78, 5) is 42.8. The molecular formula is C45H69O9P. The van der Waals surface area contributed by atoms with Crippen molar-refractivity contribution in [2.24, 2.45) is 0 Å². The fourth-order valence-electron chi connectivity index (χ4n) is 4.59. The summed E-state index contributed by atoms with van der Waals surface area (Å²) in [6, 6.07) is 0. The van der Waals surface area contributed by atoms with Crippen molar-refractivity contribution in [1.82, 2.24) is 0 Å². The summed E-state index contributed by atoms with van der Waals surface area (Å²) in [5, 5.41) is 10.2. The molecule has 0 aliphatic rings. The number of esters is 2. The van der Waals surface area contributed by atoms with E-state index >= 15 is 0 Å². The van der Waals surface area contributed by atoms with E-state index in [1.54, 1.807) is 12.2 Å². The first kappa shape index (κ1) is 51.4. The van der Waals surface area contributed by atoms with Crippen LogP contribution in [0, 0.1) is 0 Å². The maximum atomic E-state index is 12.4. The molecule has 0 aromatic rings. The summed E-state index contributed by atoms with van der Waals surface area (Å²) in [6.45, 7) is 3.27. The summed E-state index contributed by atoms with van der Waals surface area (Å²) in [7, 11) is -4.84. The molecule has 0 amide bonds. The number of allylic oxidation sites excluding steroid dienone is 19. The lowest BCUT2D eigenvalue weighted by Gasteiger charge is -2.18. The van der Waals surface area contributed by atoms with Crippen LogP contribution in [0.4, 0.5) is 0 Å². The normalized spacial score (nSPS) is 14.3. The van der Waals surface area contributed by atoms with Crippen molar-refractivity contribution >= 4 is 19.8 Å². The van der Waals surface area contributed by atoms with Gasteiger partial charge in [-0.15, -0.1) is 0 Å². The Labute approximate surface area is 331 Å². The van der Waals surface area contributed by atoms with Gasteiger partial charge in [0.2, 0.25) is 0 Å². The monoisotopic (exact) mass is 784 g/mol. The lowest BCUT2D eigenvalue weighted by atomic mass is 10.2. The van der Waals surface area contributed by atoms with Gasteiger partial charge in [0.05, 0.1) is 12.7 Å². The Morgan fingerprint density at radius 1 is 0.582 bits per heavy atom. The standard InChI is InChI=1S/C45H69O9P/c1-3-5-7-9-11-13-15-17-19-21-23-25-27-29-31-33-35-37-44(47)52-40-43(41-53-55(49,50)51)54-45(48)39-38-42(46)36-34-32-30-28-26-24-22-20-18-16-14-12-10-8-6-4-2/h6,8,11-14,17-20,23-26,29-32,34,36,42-43,46H,3-5,7,9-10,15-16,21-22,27-28,33,35,37-41H2,1-2H3,(H2,49,50,51)/b8-6-,13-11-,14-12-,19-17-,20-18-,25-23-,26-24-,31-29-,32-30-,36-34-/t42?,43-/m1/s1. The minimum atomic E-state index is -4.84. The Kier molecular flexibility index (Phi) is 36.2. The van der Waals surface area contributed by atoms with Gasteiger partial charge in [0, 0.05) is 12.8 Å². The van der Waals surface area contributed by atoms with Crippen molar-refractivity contribution in [3.8, 4) is 0 Å². The largest absolute Gasteiger partial charge is 0.469 e. The van der Waals surface area contributed by atoms with Crippen molar-refractivity contribution in [3.05, 3.63) is 122 Å². The Hall–Kier alpha value is -3.59. The molecule has 0 radical (unpaired) electrons. The number of unbranched alkanes of at least 4 members (excludes halogenated alkanes) is 4. The van der Waals surface area contributed by atoms with Crippen molar-refractivity contribution in [2.75, 3.05) is 13.2 Å². The average Bonchev–Trinajstić information content (AvgIpc) is 3.15. The molecule has 0 heterocycles. The second kappa shape index (κ2) is 38.7. The number of ether oxygens (including phenoxy) is 2. The van der Waals surface area contributed by atoms with Crippen LogP contribution >= 0.6 is 7.82 Å². The minimum absolute atomic E-state index is 0.0728. The molecule has 55 heavy (non-hydrogen) atoms. The molecule has 0 bridgehead atoms. The summed E-state index contributed by atoms with van der Waals surface area (Å²) in [5.74, 6) is -1.25. The maximum absolute atomic E-state index is 12.4. The zero-order chi connectivity index (χ0) is 40.5. The second-order valence-corrected chi connectivity index (χ2v) is 14.0. The van der Waals surface area contributed by atoms with E-state index in [0.29, 0.717) is 12.8 Å². The van der Waals surface area contributed by atoms with Gasteiger partial charge in [0.25, 0.3) is 0 Å². The zero-order valence-corrected chi connectivity index (χ0v) is 34.3. The predicted octanol–water partition coefficient (Wildman–Crippen LogP) is 11.1. The van der Waals surface area contributed by atoms with Gasteiger partial charge in [-0.1, -0.05) is 148 Å². The fraction of sp³-hybridized carbons (Fsp3) is 0.511. The van der Waals surface area contributed by atoms with Gasteiger partial charge in [-0.05, 0) is 83.5 Å². The quantitative estimate of drug-likeness (QED) is 0.0191. The number of aliphatic hydroxyl groups excluding tert-OH is 1. The fourth-order valence-corrected chi connectivity index (χ4v) is 4.95. The van der Waals surface area contributed by atoms with Gasteiger partial charge in [0.1, 0.15) is 6.61 Å². The second-order valence-electron chi connectivity index (χ2n) is 12.7. The van der Waals surface area contributed by atoms with Crippen LogP contribution in [0.25, 0.3) is 0 Å². The van der Waals surface area contributed by atoms with E-state index in [1.807, 2.05) is 24.3 Å². The van der Waals surface area contributed by atoms with Crippen LogP contribution in [0.3, 0.4) is 0 Å². The van der Waals surface area contributed by atoms with Crippen LogP contribution in [-0.2, 0) is 28.2 Å². The van der Waals surface area contributed by atoms with Gasteiger partial charge in [-0.3, -0.25) is 14.1 Å². The van der Waals surface area contributed by atoms with Crippen LogP contribution in [0.1, 0.15) is 123 Å². The Morgan fingerprint density at radius 2 is 1.07 bits per heavy atom. The highest BCUT2D eigenvalue weighted by atomic mass is 31.2. The van der Waals surface area contributed by atoms with Gasteiger partial charge in [0.15, 0.2) is 6.10 Å². The summed E-state index contributed by atoms with van der Waals surface area (Å²) >= 11 is 0. The van der Waals surface area contributed by atoms with Crippen molar-refractivity contribution in [2.45, 2.75) is 135 Å². The molecule has 0 aliphatic heterocycles. The summed E-state index contributed by atoms with van der Waals surface area (Å²) in [5.41, 5.74) is 0. The first-order chi connectivity index (χ1) is 26.7. The first-order valence-electron chi connectivity index (χ1n) is 19.9. The van der Waals surface area contributed by atoms with Gasteiger partial charge in [-0.2, -0.15) is 0 Å². The molecule has 3 N–H and O–H groups in total. The molecule has 0 rings (SSSR count). The molecule has 0 saturated heterocycles. The molecule has 0 fully saturated rings. The van der Waals surface area contributed by atoms with Crippen LogP contribution in [0.5, 0.6) is 0 Å². The number of hydrogen-bond acceptors (Lipinski definition) is 7. The number of phosphoric ester groups is 1. The van der Waals surface area contributed by atoms with E-state index in [9.17, 15) is 19.3 Å². The Bertz CT molecular complexity index is 1310. The summed E-state index contributed by atoms with van der Waals surface area (Å²) < 4.78 is 26.1. The highest BCUT2D eigenvalue weighted by Crippen LogP contribution is 2.35. The molecule has 1 unspecified atom stereocenters. The first-order valence-corrected chi connectivity index (χ1v) is 21.5. The molecule has 0 aliphatic carbocycles. The van der Waals surface area contributed by atoms with E-state index in [2.05, 4.69) is 103 Å². The zero-order valence-electron chi connectivity index (χ0n) is 33.4. The Balaban J connectivity index is 4.32. The number of aliphatic hydroxyl groups is 1. The SMILES string of the molecule is CC/C=C\C/C=C\C/C=C\C/C=C\C/C=C\C=C/C(O)CCC(=O)O[C@H](COC(=O)CCC/C=C\C/C=C\C/C=C\C/C=C\CCCCC)COP(=O)(O)O. The van der Waals surface area contributed by atoms with Gasteiger partial charge in [-0.25, -0.2) is 4.57 Å². The van der Waals surface area contributed by atoms with E-state index in [-0.39, 0.29) is 19.3 Å². The van der Waals surface area contributed by atoms with Crippen LogP contribution in [0.2, 0.25) is 0 Å². The molecule has 10 heteroatoms. The highest BCUT2D eigenvalue weighted by Gasteiger charge is 2.23. The minimum Gasteiger partial charge on any atom is -0.462 e. The van der Waals surface area contributed by atoms with E-state index < -0.39 is 45.2 Å². The van der Waals surface area contributed by atoms with Gasteiger partial charge < -0.3 is 24.4 Å². The predicted molar refractivity (Wildman–Crippen MR) is 226 cm³/mol. The molecule has 0 aromatic heterocycles. The molecule has 0 saturated carbocycles. The number of rotatable bonds is 34. The maximum Gasteiger partial charge on any atom is 0.469 e. The van der Waals surface area contributed by atoms with E-state index in [1.165, 1.54) is 19.3 Å². The molecule has 0 spiro atoms. The Morgan fingerprint density at radius 3 is 1.58 bits per heavy atom. The number of phosphoric acid groups is 1. The van der Waals surface area contributed by atoms with Crippen molar-refractivity contribution < 1.29 is 43.0 Å². The van der Waals surface area contributed by atoms with Crippen molar-refractivity contribution in [1.29, 1.82) is 0 Å². The number of carbonyl (C=O) groups is 2. The highest BCUT2D eigenvalue weighted by molar-refractivity contribution is 7.46. The van der Waals surface area contributed by atoms with Crippen LogP contribution in [-0.4, -0.2) is 52.3 Å². The topological polar surface area (TPSA) is 140 Å². The van der Waals surface area contributed by atoms with Crippen LogP contribution in [0.15, 0.2) is 122 Å². The molecule has 0 aromatic carbocycles.